The Kier molecular flexibility index (Phi) is 33.0. The standard InChI is InChI=1S/C15H18Cl2N2O3.C15H22ClNO2.C8H11Cl2NO.C3H8NO5P.C3H9S/c1-8(2)21-12-7-11(9(16)6-10(12)17)19-14(20)22-13(18-19)15(3,4)5;1-5-13-8-6-7-11(2)15(13)17(14(18)9-16)12(3)10-19-4;1-3-5-11(6-4-2)8(12)7(9)10;5-3(6)1-4-2-10(7,8)9;1-4(2)3/h6-8H,1-5H3;6-8,12H,5,9-10H2,1-4H3;3-4,7H,1-2,5-6H2;4H,1-2H2,(H,5,6)(H2,7,8,9);1-3H3/q;;;;+1/p-1. The van der Waals surface area contributed by atoms with Gasteiger partial charge in [0.1, 0.15) is 19.2 Å². The van der Waals surface area contributed by atoms with Crippen LogP contribution in [-0.4, -0.2) is 124 Å². The lowest BCUT2D eigenvalue weighted by Crippen LogP contribution is -2.43. The van der Waals surface area contributed by atoms with Gasteiger partial charge in [-0.05, 0) is 62.2 Å². The Bertz CT molecular complexity index is 2100. The van der Waals surface area contributed by atoms with Crippen LogP contribution in [0.4, 0.5) is 5.69 Å². The number of nitrogens with zero attached hydrogens (tertiary/aromatic N) is 4. The molecule has 1 heterocycles. The summed E-state index contributed by atoms with van der Waals surface area (Å²) in [4.78, 5) is 65.4. The first-order chi connectivity index (χ1) is 30.9. The number of amides is 2. The molecular weight excluding hydrogens is 1010 g/mol. The number of rotatable bonds is 18. The van der Waals surface area contributed by atoms with E-state index in [-0.39, 0.29) is 40.3 Å². The fourth-order valence-electron chi connectivity index (χ4n) is 5.09. The molecule has 0 aliphatic rings. The average molecular weight is 1080 g/mol. The molecule has 0 fully saturated rings. The number of aryl methyl sites for hydroxylation is 2. The number of para-hydroxylation sites is 1. The van der Waals surface area contributed by atoms with Gasteiger partial charge in [-0.1, -0.05) is 104 Å². The highest BCUT2D eigenvalue weighted by atomic mass is 35.5. The van der Waals surface area contributed by atoms with E-state index in [2.05, 4.69) is 50.0 Å². The van der Waals surface area contributed by atoms with Crippen LogP contribution in [0.2, 0.25) is 10.0 Å². The van der Waals surface area contributed by atoms with Gasteiger partial charge in [-0.2, -0.15) is 4.68 Å². The maximum atomic E-state index is 12.2. The molecule has 1 aromatic heterocycles. The van der Waals surface area contributed by atoms with Crippen molar-refractivity contribution in [2.45, 2.75) is 84.2 Å². The van der Waals surface area contributed by atoms with Crippen molar-refractivity contribution >= 4 is 100.0 Å². The van der Waals surface area contributed by atoms with Crippen molar-refractivity contribution in [1.82, 2.24) is 20.0 Å². The van der Waals surface area contributed by atoms with Gasteiger partial charge in [0.05, 0.1) is 71.8 Å². The Labute approximate surface area is 423 Å². The number of nitrogens with one attached hydrogen (secondary N) is 1. The van der Waals surface area contributed by atoms with Gasteiger partial charge in [0.2, 0.25) is 11.8 Å². The van der Waals surface area contributed by atoms with Crippen molar-refractivity contribution in [2.24, 2.45) is 0 Å². The summed E-state index contributed by atoms with van der Waals surface area (Å²) in [5.41, 5.74) is 3.19. The normalized spacial score (nSPS) is 12.1. The average Bonchev–Trinajstić information content (AvgIpc) is 3.60. The first kappa shape index (κ1) is 66.0. The van der Waals surface area contributed by atoms with Crippen LogP contribution in [0.25, 0.3) is 5.69 Å². The molecule has 0 radical (unpaired) electrons. The zero-order chi connectivity index (χ0) is 52.4. The minimum absolute atomic E-state index is 0.0223. The van der Waals surface area contributed by atoms with Crippen LogP contribution in [0.15, 0.2) is 64.9 Å². The number of carbonyl (C=O) groups excluding carboxylic acids is 2. The smallest absolute Gasteiger partial charge is 0.442 e. The van der Waals surface area contributed by atoms with Crippen LogP contribution in [0.3, 0.4) is 0 Å². The van der Waals surface area contributed by atoms with Crippen LogP contribution in [0, 0.1) is 6.92 Å². The van der Waals surface area contributed by atoms with E-state index < -0.39 is 37.0 Å². The molecule has 2 amide bonds. The SMILES string of the molecule is C=CCN(CC=C)C(=O)C(Cl)Cl.CC(C)Oc1cc(-n2nc(C(C)(C)C)oc2=O)c(Cl)cc1Cl.CCc1cccc(C)c1N(C(=O)CCl)C(C)COC.C[S+](C)C.O=C(O)CNCP(=O)([O-])O. The fraction of sp³-hybridized carbons (Fsp3) is 0.523. The molecule has 16 nitrogen and oxygen atoms in total. The number of hydrogen-bond donors (Lipinski definition) is 3. The number of aliphatic carboxylic acids is 1. The molecule has 2 unspecified atom stereocenters. The van der Waals surface area contributed by atoms with Gasteiger partial charge in [0.15, 0.2) is 4.84 Å². The summed E-state index contributed by atoms with van der Waals surface area (Å²) in [5, 5.41) is 14.8. The third kappa shape index (κ3) is 27.1. The molecule has 0 aliphatic carbocycles. The minimum atomic E-state index is -4.35. The summed E-state index contributed by atoms with van der Waals surface area (Å²) in [7, 11) is -2.07. The molecule has 0 saturated carbocycles. The number of alkyl halides is 3. The number of carbonyl (C=O) groups is 3. The first-order valence-electron chi connectivity index (χ1n) is 20.4. The van der Waals surface area contributed by atoms with Gasteiger partial charge in [0.25, 0.3) is 5.91 Å². The van der Waals surface area contributed by atoms with E-state index in [0.29, 0.717) is 52.9 Å². The fourth-order valence-corrected chi connectivity index (χ4v) is 6.39. The number of hydrogen-bond acceptors (Lipinski definition) is 11. The van der Waals surface area contributed by atoms with Crippen molar-refractivity contribution in [3.63, 3.8) is 0 Å². The highest BCUT2D eigenvalue weighted by molar-refractivity contribution is 7.94. The molecule has 380 valence electrons. The Hall–Kier alpha value is -3.06. The third-order valence-corrected chi connectivity index (χ3v) is 9.56. The van der Waals surface area contributed by atoms with Crippen LogP contribution < -0.4 is 25.6 Å². The Morgan fingerprint density at radius 2 is 1.63 bits per heavy atom. The number of anilines is 1. The number of halogens is 5. The second-order valence-corrected chi connectivity index (χ2v) is 22.1. The molecule has 2 aromatic carbocycles. The largest absolute Gasteiger partial charge is 0.778 e. The molecule has 3 aromatic rings. The van der Waals surface area contributed by atoms with E-state index in [4.69, 9.17) is 81.9 Å². The summed E-state index contributed by atoms with van der Waals surface area (Å²) in [6.07, 6.45) is 9.91. The van der Waals surface area contributed by atoms with Crippen molar-refractivity contribution in [1.29, 1.82) is 0 Å². The zero-order valence-corrected chi connectivity index (χ0v) is 45.7. The van der Waals surface area contributed by atoms with Gasteiger partial charge in [-0.15, -0.1) is 29.9 Å². The Morgan fingerprint density at radius 1 is 1.07 bits per heavy atom. The lowest BCUT2D eigenvalue weighted by Gasteiger charge is -2.31. The molecule has 0 aliphatic heterocycles. The lowest BCUT2D eigenvalue weighted by atomic mass is 9.97. The number of carboxylic acid groups (broad SMARTS) is 1. The van der Waals surface area contributed by atoms with E-state index in [9.17, 15) is 28.6 Å². The summed E-state index contributed by atoms with van der Waals surface area (Å²) >= 11 is 28.9. The highest BCUT2D eigenvalue weighted by Gasteiger charge is 2.26. The topological polar surface area (TPSA) is 217 Å². The summed E-state index contributed by atoms with van der Waals surface area (Å²) in [6.45, 7) is 23.4. The van der Waals surface area contributed by atoms with Crippen LogP contribution in [0.1, 0.15) is 65.5 Å². The number of methoxy groups -OCH3 is 1. The molecule has 0 saturated heterocycles. The predicted octanol–water partition coefficient (Wildman–Crippen LogP) is 8.03. The van der Waals surface area contributed by atoms with Gasteiger partial charge < -0.3 is 43.1 Å². The second kappa shape index (κ2) is 33.5. The number of carboxylic acids is 1. The Morgan fingerprint density at radius 3 is 2.03 bits per heavy atom. The molecule has 2 atom stereocenters. The predicted molar refractivity (Wildman–Crippen MR) is 275 cm³/mol. The maximum Gasteiger partial charge on any atom is 0.442 e. The minimum Gasteiger partial charge on any atom is -0.778 e. The monoisotopic (exact) mass is 1080 g/mol. The van der Waals surface area contributed by atoms with Crippen molar-refractivity contribution in [3.8, 4) is 11.4 Å². The van der Waals surface area contributed by atoms with Crippen molar-refractivity contribution in [3.05, 3.63) is 93.3 Å². The lowest BCUT2D eigenvalue weighted by molar-refractivity contribution is -0.193. The number of benzene rings is 2. The van der Waals surface area contributed by atoms with Crippen LogP contribution in [-0.2, 0) is 46.4 Å². The van der Waals surface area contributed by atoms with Gasteiger partial charge in [-0.3, -0.25) is 19.7 Å². The van der Waals surface area contributed by atoms with Crippen molar-refractivity contribution in [2.75, 3.05) is 69.2 Å². The van der Waals surface area contributed by atoms with Gasteiger partial charge >= 0.3 is 11.7 Å². The third-order valence-electron chi connectivity index (χ3n) is 7.74. The number of ether oxygens (including phenoxy) is 2. The van der Waals surface area contributed by atoms with E-state index in [0.717, 1.165) is 27.9 Å². The van der Waals surface area contributed by atoms with E-state index in [1.54, 1.807) is 30.2 Å². The molecule has 0 bridgehead atoms. The molecular formula is C44H67Cl5N5O11PS. The Balaban J connectivity index is 0. The van der Waals surface area contributed by atoms with Crippen LogP contribution >= 0.6 is 65.6 Å². The van der Waals surface area contributed by atoms with E-state index >= 15 is 0 Å². The highest BCUT2D eigenvalue weighted by Crippen LogP contribution is 2.34. The molecule has 3 rings (SSSR count). The second-order valence-electron chi connectivity index (χ2n) is 15.8. The quantitative estimate of drug-likeness (QED) is 0.0477. The van der Waals surface area contributed by atoms with E-state index in [1.807, 2.05) is 65.9 Å². The van der Waals surface area contributed by atoms with Crippen molar-refractivity contribution < 1.29 is 47.7 Å². The summed E-state index contributed by atoms with van der Waals surface area (Å²) in [5.74, 6) is -1.45. The maximum absolute atomic E-state index is 12.2. The molecule has 23 heteroatoms. The van der Waals surface area contributed by atoms with E-state index in [1.165, 1.54) is 11.0 Å². The summed E-state index contributed by atoms with van der Waals surface area (Å²) < 4.78 is 27.1. The van der Waals surface area contributed by atoms with Crippen LogP contribution in [0.5, 0.6) is 5.75 Å². The van der Waals surface area contributed by atoms with Gasteiger partial charge in [0, 0.05) is 31.7 Å². The van der Waals surface area contributed by atoms with Gasteiger partial charge in [-0.25, -0.2) is 4.79 Å². The summed E-state index contributed by atoms with van der Waals surface area (Å²) in [6, 6.07) is 9.15. The first-order valence-corrected chi connectivity index (χ1v) is 26.8. The molecule has 3 N–H and O–H groups in total. The zero-order valence-electron chi connectivity index (χ0n) is 40.2. The molecule has 67 heavy (non-hydrogen) atoms. The molecule has 0 spiro atoms. The number of aromatic nitrogens is 2.